The van der Waals surface area contributed by atoms with Gasteiger partial charge >= 0.3 is 5.97 Å². The molecule has 0 bridgehead atoms. The fourth-order valence-electron chi connectivity index (χ4n) is 3.63. The van der Waals surface area contributed by atoms with E-state index in [1.165, 1.54) is 20.0 Å². The highest BCUT2D eigenvalue weighted by atomic mass is 16.5. The van der Waals surface area contributed by atoms with Crippen molar-refractivity contribution < 1.29 is 14.3 Å². The van der Waals surface area contributed by atoms with Gasteiger partial charge in [0.15, 0.2) is 0 Å². The van der Waals surface area contributed by atoms with Crippen LogP contribution in [0.1, 0.15) is 37.3 Å². The van der Waals surface area contributed by atoms with Crippen molar-refractivity contribution in [3.05, 3.63) is 35.4 Å². The molecule has 1 aromatic rings. The van der Waals surface area contributed by atoms with Crippen molar-refractivity contribution in [2.45, 2.75) is 45.2 Å². The first-order valence-corrected chi connectivity index (χ1v) is 9.28. The summed E-state index contributed by atoms with van der Waals surface area (Å²) in [5.41, 5.74) is 2.26. The summed E-state index contributed by atoms with van der Waals surface area (Å²) in [5.74, 6) is 0.448. The fourth-order valence-corrected chi connectivity index (χ4v) is 3.63. The number of benzene rings is 1. The van der Waals surface area contributed by atoms with E-state index in [2.05, 4.69) is 11.8 Å². The molecule has 2 aliphatic rings. The molecule has 1 amide bonds. The highest BCUT2D eigenvalue weighted by molar-refractivity contribution is 5.86. The molecular weight excluding hydrogens is 316 g/mol. The third-order valence-corrected chi connectivity index (χ3v) is 5.15. The van der Waals surface area contributed by atoms with Crippen LogP contribution in [-0.2, 0) is 27.3 Å². The number of carbonyl (C=O) groups is 2. The predicted octanol–water partition coefficient (Wildman–Crippen LogP) is 2.23. The van der Waals surface area contributed by atoms with Crippen LogP contribution >= 0.6 is 0 Å². The van der Waals surface area contributed by atoms with Crippen molar-refractivity contribution in [2.24, 2.45) is 5.92 Å². The molecule has 1 aromatic carbocycles. The number of hydrogen-bond acceptors (Lipinski definition) is 4. The molecule has 0 saturated heterocycles. The van der Waals surface area contributed by atoms with E-state index in [1.54, 1.807) is 4.90 Å². The molecular formula is C20H28N2O3. The van der Waals surface area contributed by atoms with E-state index < -0.39 is 6.04 Å². The van der Waals surface area contributed by atoms with Crippen molar-refractivity contribution in [1.82, 2.24) is 9.80 Å². The van der Waals surface area contributed by atoms with Crippen LogP contribution in [0.2, 0.25) is 0 Å². The fraction of sp³-hybridized carbons (Fsp3) is 0.600. The minimum absolute atomic E-state index is 0.0269. The zero-order chi connectivity index (χ0) is 17.8. The Morgan fingerprint density at radius 1 is 1.24 bits per heavy atom. The number of amides is 1. The number of nitrogens with zero attached hydrogens (tertiary/aromatic N) is 2. The van der Waals surface area contributed by atoms with Crippen molar-refractivity contribution in [1.29, 1.82) is 0 Å². The number of esters is 1. The van der Waals surface area contributed by atoms with Crippen LogP contribution in [0, 0.1) is 5.92 Å². The standard InChI is InChI=1S/C20H28N2O3/c1-3-10-21(12-15-8-9-15)14-19(23)22-13-17-7-5-4-6-16(17)11-18(22)20(24)25-2/h4-7,15,18H,3,8-14H2,1-2H3. The van der Waals surface area contributed by atoms with Gasteiger partial charge in [0.2, 0.25) is 5.91 Å². The summed E-state index contributed by atoms with van der Waals surface area (Å²) >= 11 is 0. The van der Waals surface area contributed by atoms with E-state index >= 15 is 0 Å². The Kier molecular flexibility index (Phi) is 5.74. The van der Waals surface area contributed by atoms with E-state index in [0.717, 1.165) is 36.6 Å². The van der Waals surface area contributed by atoms with Crippen molar-refractivity contribution in [3.8, 4) is 0 Å². The first-order valence-electron chi connectivity index (χ1n) is 9.28. The van der Waals surface area contributed by atoms with Crippen LogP contribution in [0.4, 0.5) is 0 Å². The quantitative estimate of drug-likeness (QED) is 0.712. The average molecular weight is 344 g/mol. The minimum atomic E-state index is -0.517. The molecule has 1 atom stereocenters. The van der Waals surface area contributed by atoms with Crippen molar-refractivity contribution in [3.63, 3.8) is 0 Å². The molecule has 5 nitrogen and oxygen atoms in total. The molecule has 1 fully saturated rings. The zero-order valence-electron chi connectivity index (χ0n) is 15.2. The van der Waals surface area contributed by atoms with Crippen LogP contribution < -0.4 is 0 Å². The molecule has 25 heavy (non-hydrogen) atoms. The maximum Gasteiger partial charge on any atom is 0.328 e. The Bertz CT molecular complexity index is 627. The summed E-state index contributed by atoms with van der Waals surface area (Å²) in [7, 11) is 1.39. The topological polar surface area (TPSA) is 49.9 Å². The van der Waals surface area contributed by atoms with Gasteiger partial charge in [0.1, 0.15) is 6.04 Å². The van der Waals surface area contributed by atoms with E-state index in [0.29, 0.717) is 19.5 Å². The van der Waals surface area contributed by atoms with Gasteiger partial charge in [-0.25, -0.2) is 4.79 Å². The molecule has 1 heterocycles. The molecule has 136 valence electrons. The van der Waals surface area contributed by atoms with Crippen LogP contribution in [0.15, 0.2) is 24.3 Å². The van der Waals surface area contributed by atoms with Gasteiger partial charge in [-0.05, 0) is 42.9 Å². The molecule has 1 unspecified atom stereocenters. The zero-order valence-corrected chi connectivity index (χ0v) is 15.2. The lowest BCUT2D eigenvalue weighted by molar-refractivity contribution is -0.154. The Labute approximate surface area is 149 Å². The van der Waals surface area contributed by atoms with Crippen LogP contribution in [0.25, 0.3) is 0 Å². The monoisotopic (exact) mass is 344 g/mol. The lowest BCUT2D eigenvalue weighted by Crippen LogP contribution is -2.52. The average Bonchev–Trinajstić information content (AvgIpc) is 3.44. The summed E-state index contributed by atoms with van der Waals surface area (Å²) in [6, 6.07) is 7.51. The maximum atomic E-state index is 13.0. The molecule has 0 radical (unpaired) electrons. The van der Waals surface area contributed by atoms with E-state index in [1.807, 2.05) is 24.3 Å². The van der Waals surface area contributed by atoms with Gasteiger partial charge in [0.25, 0.3) is 0 Å². The first kappa shape index (κ1) is 17.9. The Balaban J connectivity index is 1.74. The Morgan fingerprint density at radius 3 is 2.60 bits per heavy atom. The summed E-state index contributed by atoms with van der Waals surface area (Å²) in [6.07, 6.45) is 4.11. The normalized spacial score (nSPS) is 19.6. The largest absolute Gasteiger partial charge is 0.467 e. The van der Waals surface area contributed by atoms with Crippen LogP contribution in [0.5, 0.6) is 0 Å². The van der Waals surface area contributed by atoms with Gasteiger partial charge in [0, 0.05) is 19.5 Å². The highest BCUT2D eigenvalue weighted by Gasteiger charge is 2.36. The number of rotatable bonds is 7. The summed E-state index contributed by atoms with van der Waals surface area (Å²) in [4.78, 5) is 29.2. The third-order valence-electron chi connectivity index (χ3n) is 5.15. The van der Waals surface area contributed by atoms with Crippen LogP contribution in [0.3, 0.4) is 0 Å². The predicted molar refractivity (Wildman–Crippen MR) is 96.0 cm³/mol. The molecule has 1 aliphatic heterocycles. The van der Waals surface area contributed by atoms with Gasteiger partial charge in [-0.2, -0.15) is 0 Å². The number of hydrogen-bond donors (Lipinski definition) is 0. The molecule has 1 saturated carbocycles. The first-order chi connectivity index (χ1) is 12.1. The van der Waals surface area contributed by atoms with E-state index in [-0.39, 0.29) is 11.9 Å². The summed E-state index contributed by atoms with van der Waals surface area (Å²) in [6.45, 7) is 4.93. The molecule has 3 rings (SSSR count). The van der Waals surface area contributed by atoms with Gasteiger partial charge in [-0.15, -0.1) is 0 Å². The van der Waals surface area contributed by atoms with E-state index in [9.17, 15) is 9.59 Å². The molecule has 0 aromatic heterocycles. The van der Waals surface area contributed by atoms with Gasteiger partial charge in [-0.1, -0.05) is 31.2 Å². The summed E-state index contributed by atoms with van der Waals surface area (Å²) < 4.78 is 4.97. The smallest absolute Gasteiger partial charge is 0.328 e. The van der Waals surface area contributed by atoms with Crippen molar-refractivity contribution >= 4 is 11.9 Å². The number of carbonyl (C=O) groups excluding carboxylic acids is 2. The van der Waals surface area contributed by atoms with Gasteiger partial charge in [0.05, 0.1) is 13.7 Å². The summed E-state index contributed by atoms with van der Waals surface area (Å²) in [5, 5.41) is 0. The lowest BCUT2D eigenvalue weighted by atomic mass is 9.94. The highest BCUT2D eigenvalue weighted by Crippen LogP contribution is 2.30. The lowest BCUT2D eigenvalue weighted by Gasteiger charge is -2.36. The molecule has 5 heteroatoms. The SMILES string of the molecule is CCCN(CC(=O)N1Cc2ccccc2CC1C(=O)OC)CC1CC1. The van der Waals surface area contributed by atoms with Gasteiger partial charge in [-0.3, -0.25) is 9.69 Å². The number of methoxy groups -OCH3 is 1. The second kappa shape index (κ2) is 8.00. The van der Waals surface area contributed by atoms with E-state index in [4.69, 9.17) is 4.74 Å². The number of ether oxygens (including phenoxy) is 1. The minimum Gasteiger partial charge on any atom is -0.467 e. The maximum absolute atomic E-state index is 13.0. The molecule has 1 aliphatic carbocycles. The third kappa shape index (κ3) is 4.40. The van der Waals surface area contributed by atoms with Gasteiger partial charge < -0.3 is 9.64 Å². The second-order valence-electron chi connectivity index (χ2n) is 7.21. The van der Waals surface area contributed by atoms with Crippen molar-refractivity contribution in [2.75, 3.05) is 26.7 Å². The number of fused-ring (bicyclic) bond motifs is 1. The molecule has 0 spiro atoms. The second-order valence-corrected chi connectivity index (χ2v) is 7.21. The Morgan fingerprint density at radius 2 is 1.96 bits per heavy atom. The Hall–Kier alpha value is -1.88. The molecule has 0 N–H and O–H groups in total. The van der Waals surface area contributed by atoms with Crippen LogP contribution in [-0.4, -0.2) is 54.5 Å².